The number of pyridine rings is 1. The van der Waals surface area contributed by atoms with E-state index in [9.17, 15) is 9.50 Å². The van der Waals surface area contributed by atoms with Crippen LogP contribution in [0.15, 0.2) is 79.0 Å². The predicted molar refractivity (Wildman–Crippen MR) is 154 cm³/mol. The Balaban J connectivity index is 1.07. The molecule has 0 radical (unpaired) electrons. The monoisotopic (exact) mass is 571 g/mol. The maximum absolute atomic E-state index is 13.8. The number of hydrogen-bond acceptors (Lipinski definition) is 9. The molecular formula is C31H30FN5O5. The number of phenolic OH excluding ortho intramolecular Hbond substituents is 1. The van der Waals surface area contributed by atoms with Crippen LogP contribution in [0.25, 0.3) is 28.0 Å². The largest absolute Gasteiger partial charge is 0.505 e. The number of aromatic hydroxyl groups is 1. The molecule has 11 heteroatoms. The highest BCUT2D eigenvalue weighted by Gasteiger charge is 2.12. The summed E-state index contributed by atoms with van der Waals surface area (Å²) in [5.41, 5.74) is 2.28. The van der Waals surface area contributed by atoms with Crippen LogP contribution in [0.4, 0.5) is 4.39 Å². The second kappa shape index (κ2) is 12.9. The zero-order valence-corrected chi connectivity index (χ0v) is 22.9. The smallest absolute Gasteiger partial charge is 0.166 e. The van der Waals surface area contributed by atoms with Crippen molar-refractivity contribution in [3.8, 4) is 40.1 Å². The molecule has 1 saturated heterocycles. The standard InChI is InChI=1S/C31H30FN5O5/c32-26-19-22(7-10-30(26)38)37-21-29(34-35-37)28-9-8-25-27(33-28)5-2-6-31(25)42-24-4-1-3-23(20-24)41-18-17-40-16-13-36-11-14-39-15-12-36/h1-10,19-21,38H,11-18H2. The Bertz CT molecular complexity index is 1660. The molecule has 0 aliphatic carbocycles. The normalized spacial score (nSPS) is 13.8. The van der Waals surface area contributed by atoms with Crippen molar-refractivity contribution in [1.29, 1.82) is 0 Å². The van der Waals surface area contributed by atoms with Crippen LogP contribution in [-0.2, 0) is 9.47 Å². The second-order valence-electron chi connectivity index (χ2n) is 9.70. The third kappa shape index (κ3) is 6.65. The third-order valence-corrected chi connectivity index (χ3v) is 6.83. The number of aromatic nitrogens is 4. The number of benzene rings is 3. The first-order valence-corrected chi connectivity index (χ1v) is 13.7. The molecule has 0 spiro atoms. The Kier molecular flexibility index (Phi) is 8.50. The van der Waals surface area contributed by atoms with Crippen molar-refractivity contribution in [2.75, 3.05) is 52.7 Å². The first-order chi connectivity index (χ1) is 20.6. The lowest BCUT2D eigenvalue weighted by Crippen LogP contribution is -2.38. The van der Waals surface area contributed by atoms with E-state index in [0.717, 1.165) is 43.8 Å². The molecule has 3 heterocycles. The van der Waals surface area contributed by atoms with Gasteiger partial charge in [-0.1, -0.05) is 17.3 Å². The van der Waals surface area contributed by atoms with E-state index in [4.69, 9.17) is 23.9 Å². The summed E-state index contributed by atoms with van der Waals surface area (Å²) in [6.07, 6.45) is 1.65. The average Bonchev–Trinajstić information content (AvgIpc) is 3.51. The van der Waals surface area contributed by atoms with E-state index in [1.54, 1.807) is 12.3 Å². The first kappa shape index (κ1) is 27.6. The number of hydrogen-bond donors (Lipinski definition) is 1. The average molecular weight is 572 g/mol. The summed E-state index contributed by atoms with van der Waals surface area (Å²) in [6.45, 7) is 5.99. The molecule has 216 valence electrons. The van der Waals surface area contributed by atoms with Gasteiger partial charge in [-0.05, 0) is 48.5 Å². The van der Waals surface area contributed by atoms with Crippen molar-refractivity contribution in [1.82, 2.24) is 24.9 Å². The third-order valence-electron chi connectivity index (χ3n) is 6.83. The first-order valence-electron chi connectivity index (χ1n) is 13.7. The number of nitrogens with zero attached hydrogens (tertiary/aromatic N) is 5. The van der Waals surface area contributed by atoms with Gasteiger partial charge in [0.05, 0.1) is 49.5 Å². The van der Waals surface area contributed by atoms with Gasteiger partial charge in [-0.2, -0.15) is 0 Å². The highest BCUT2D eigenvalue weighted by atomic mass is 19.1. The summed E-state index contributed by atoms with van der Waals surface area (Å²) in [6, 6.07) is 20.9. The van der Waals surface area contributed by atoms with Crippen LogP contribution in [0, 0.1) is 5.82 Å². The summed E-state index contributed by atoms with van der Waals surface area (Å²) < 4.78 is 38.4. The molecule has 0 amide bonds. The summed E-state index contributed by atoms with van der Waals surface area (Å²) in [5.74, 6) is 0.830. The number of rotatable bonds is 11. The van der Waals surface area contributed by atoms with Gasteiger partial charge in [-0.3, -0.25) is 4.90 Å². The van der Waals surface area contributed by atoms with E-state index in [1.165, 1.54) is 16.8 Å². The SMILES string of the molecule is Oc1ccc(-n2cc(-c3ccc4c(Oc5cccc(OCCOCCN6CCOCC6)c5)cccc4n3)nn2)cc1F. The lowest BCUT2D eigenvalue weighted by molar-refractivity contribution is 0.0170. The fourth-order valence-corrected chi connectivity index (χ4v) is 4.60. The Morgan fingerprint density at radius 1 is 0.881 bits per heavy atom. The van der Waals surface area contributed by atoms with Crippen molar-refractivity contribution in [3.05, 3.63) is 84.8 Å². The number of halogens is 1. The summed E-state index contributed by atoms with van der Waals surface area (Å²) in [7, 11) is 0. The molecule has 3 aromatic carbocycles. The Hall–Kier alpha value is -4.58. The van der Waals surface area contributed by atoms with Gasteiger partial charge < -0.3 is 24.1 Å². The minimum atomic E-state index is -0.734. The fourth-order valence-electron chi connectivity index (χ4n) is 4.60. The molecule has 1 fully saturated rings. The topological polar surface area (TPSA) is 104 Å². The number of fused-ring (bicyclic) bond motifs is 1. The van der Waals surface area contributed by atoms with E-state index in [2.05, 4.69) is 15.2 Å². The maximum atomic E-state index is 13.8. The number of phenols is 1. The van der Waals surface area contributed by atoms with Crippen molar-refractivity contribution < 1.29 is 28.4 Å². The minimum absolute atomic E-state index is 0.423. The van der Waals surface area contributed by atoms with Crippen molar-refractivity contribution in [2.45, 2.75) is 0 Å². The Morgan fingerprint density at radius 3 is 2.62 bits per heavy atom. The van der Waals surface area contributed by atoms with E-state index in [1.807, 2.05) is 54.6 Å². The summed E-state index contributed by atoms with van der Waals surface area (Å²) >= 11 is 0. The molecule has 10 nitrogen and oxygen atoms in total. The van der Waals surface area contributed by atoms with Crippen LogP contribution in [0.2, 0.25) is 0 Å². The molecule has 1 aliphatic heterocycles. The molecule has 0 saturated carbocycles. The molecule has 0 unspecified atom stereocenters. The molecule has 2 aromatic heterocycles. The molecule has 1 N–H and O–H groups in total. The molecule has 0 atom stereocenters. The molecular weight excluding hydrogens is 541 g/mol. The van der Waals surface area contributed by atoms with Crippen LogP contribution in [0.5, 0.6) is 23.0 Å². The van der Waals surface area contributed by atoms with Crippen LogP contribution >= 0.6 is 0 Å². The summed E-state index contributed by atoms with van der Waals surface area (Å²) in [5, 5.41) is 18.5. The highest BCUT2D eigenvalue weighted by Crippen LogP contribution is 2.32. The van der Waals surface area contributed by atoms with Crippen molar-refractivity contribution in [2.24, 2.45) is 0 Å². The van der Waals surface area contributed by atoms with Gasteiger partial charge in [0.1, 0.15) is 29.5 Å². The second-order valence-corrected chi connectivity index (χ2v) is 9.70. The molecule has 0 bridgehead atoms. The summed E-state index contributed by atoms with van der Waals surface area (Å²) in [4.78, 5) is 7.08. The van der Waals surface area contributed by atoms with Crippen LogP contribution < -0.4 is 9.47 Å². The predicted octanol–water partition coefficient (Wildman–Crippen LogP) is 4.85. The van der Waals surface area contributed by atoms with Crippen LogP contribution in [0.1, 0.15) is 0 Å². The van der Waals surface area contributed by atoms with Gasteiger partial charge in [-0.25, -0.2) is 14.1 Å². The quantitative estimate of drug-likeness (QED) is 0.223. The number of ether oxygens (including phenoxy) is 4. The molecule has 5 aromatic rings. The Morgan fingerprint density at radius 2 is 1.74 bits per heavy atom. The molecule has 6 rings (SSSR count). The molecule has 1 aliphatic rings. The van der Waals surface area contributed by atoms with E-state index < -0.39 is 11.6 Å². The minimum Gasteiger partial charge on any atom is -0.505 e. The van der Waals surface area contributed by atoms with E-state index in [-0.39, 0.29) is 0 Å². The molecule has 42 heavy (non-hydrogen) atoms. The zero-order valence-electron chi connectivity index (χ0n) is 22.9. The van der Waals surface area contributed by atoms with Crippen LogP contribution in [0.3, 0.4) is 0 Å². The van der Waals surface area contributed by atoms with Gasteiger partial charge in [0, 0.05) is 37.2 Å². The van der Waals surface area contributed by atoms with Gasteiger partial charge in [0.2, 0.25) is 0 Å². The van der Waals surface area contributed by atoms with E-state index in [0.29, 0.717) is 54.1 Å². The van der Waals surface area contributed by atoms with Gasteiger partial charge in [0.15, 0.2) is 11.6 Å². The highest BCUT2D eigenvalue weighted by molar-refractivity contribution is 5.87. The lowest BCUT2D eigenvalue weighted by Gasteiger charge is -2.26. The maximum Gasteiger partial charge on any atom is 0.166 e. The van der Waals surface area contributed by atoms with Gasteiger partial charge >= 0.3 is 0 Å². The van der Waals surface area contributed by atoms with Crippen LogP contribution in [-0.4, -0.2) is 82.7 Å². The fraction of sp³-hybridized carbons (Fsp3) is 0.258. The van der Waals surface area contributed by atoms with Gasteiger partial charge in [0.25, 0.3) is 0 Å². The number of morpholine rings is 1. The van der Waals surface area contributed by atoms with E-state index >= 15 is 0 Å². The zero-order chi connectivity index (χ0) is 28.7. The Labute approximate surface area is 241 Å². The van der Waals surface area contributed by atoms with Crippen molar-refractivity contribution in [3.63, 3.8) is 0 Å². The lowest BCUT2D eigenvalue weighted by atomic mass is 10.1. The van der Waals surface area contributed by atoms with Gasteiger partial charge in [-0.15, -0.1) is 5.10 Å². The van der Waals surface area contributed by atoms with Crippen molar-refractivity contribution >= 4 is 10.9 Å².